The molecule has 0 amide bonds. The quantitative estimate of drug-likeness (QED) is 0.509. The summed E-state index contributed by atoms with van der Waals surface area (Å²) in [5.74, 6) is 0. The van der Waals surface area contributed by atoms with Crippen molar-refractivity contribution in [2.75, 3.05) is 0 Å². The number of halogens is 6. The summed E-state index contributed by atoms with van der Waals surface area (Å²) in [6, 6.07) is 0. The molecule has 0 aliphatic rings. The van der Waals surface area contributed by atoms with E-state index in [0.29, 0.717) is 0 Å². The van der Waals surface area contributed by atoms with Gasteiger partial charge < -0.3 is 9.11 Å². The second-order valence-electron chi connectivity index (χ2n) is 2.49. The van der Waals surface area contributed by atoms with Gasteiger partial charge in [0, 0.05) is 12.8 Å². The van der Waals surface area contributed by atoms with Crippen LogP contribution in [-0.4, -0.2) is 25.7 Å². The molecule has 0 N–H and O–H groups in total. The largest absolute Gasteiger partial charge is 1.00 e. The van der Waals surface area contributed by atoms with Crippen LogP contribution in [0.1, 0.15) is 19.3 Å². The summed E-state index contributed by atoms with van der Waals surface area (Å²) in [4.78, 5) is 0. The zero-order chi connectivity index (χ0) is 13.6. The Morgan fingerprint density at radius 2 is 1.06 bits per heavy atom. The molecule has 0 bridgehead atoms. The third-order valence-electron chi connectivity index (χ3n) is 0.921. The molecule has 120 valence electrons. The van der Waals surface area contributed by atoms with Gasteiger partial charge in [-0.1, -0.05) is 0 Å². The van der Waals surface area contributed by atoms with E-state index in [9.17, 15) is 26.3 Å². The topological polar surface area (TPSA) is 63.2 Å². The molecule has 0 aromatic carbocycles. The van der Waals surface area contributed by atoms with Crippen LogP contribution in [0.15, 0.2) is 0 Å². The van der Waals surface area contributed by atoms with Gasteiger partial charge in [0.2, 0.25) is 0 Å². The average Bonchev–Trinajstić information content (AvgIpc) is 1.74. The average molecular weight is 419 g/mol. The smallest absolute Gasteiger partial charge is 0.780 e. The normalized spacial score (nSPS) is 11.6. The molecule has 0 heterocycles. The first-order valence-electron chi connectivity index (χ1n) is 3.51. The van der Waals surface area contributed by atoms with E-state index >= 15 is 0 Å². The van der Waals surface area contributed by atoms with Crippen molar-refractivity contribution in [1.29, 1.82) is 0 Å². The molecular formula is C5H6Cu2F6O3S2. The maximum atomic E-state index is 11.3. The molecule has 0 aromatic rings. The van der Waals surface area contributed by atoms with Gasteiger partial charge in [-0.15, -0.1) is 9.05 Å². The Hall–Kier alpha value is 0.909. The Balaban J connectivity index is -0.000000122. The maximum Gasteiger partial charge on any atom is 1.00 e. The summed E-state index contributed by atoms with van der Waals surface area (Å²) in [6.45, 7) is 0. The molecule has 0 aromatic heterocycles. The van der Waals surface area contributed by atoms with Crippen LogP contribution in [0.2, 0.25) is 0 Å². The van der Waals surface area contributed by atoms with Crippen molar-refractivity contribution in [3.05, 3.63) is 0 Å². The molecule has 0 atom stereocenters. The van der Waals surface area contributed by atoms with Crippen molar-refractivity contribution in [2.45, 2.75) is 31.6 Å². The summed E-state index contributed by atoms with van der Waals surface area (Å²) in [5, 5.41) is 0. The van der Waals surface area contributed by atoms with E-state index < -0.39 is 40.7 Å². The Labute approximate surface area is 125 Å². The molecule has 18 heavy (non-hydrogen) atoms. The number of hydrogen-bond acceptors (Lipinski definition) is 4. The van der Waals surface area contributed by atoms with Gasteiger partial charge in [-0.25, -0.2) is 0 Å². The molecule has 0 spiro atoms. The Morgan fingerprint density at radius 1 is 0.889 bits per heavy atom. The maximum absolute atomic E-state index is 11.3. The van der Waals surface area contributed by atoms with E-state index in [0.717, 1.165) is 0 Å². The Bertz CT molecular complexity index is 267. The van der Waals surface area contributed by atoms with Crippen molar-refractivity contribution in [2.24, 2.45) is 0 Å². The van der Waals surface area contributed by atoms with Crippen LogP contribution in [0.25, 0.3) is 0 Å². The zero-order valence-corrected chi connectivity index (χ0v) is 11.5. The Kier molecular flexibility index (Phi) is 16.2. The number of alkyl halides is 6. The van der Waals surface area contributed by atoms with Crippen LogP contribution in [0, 0.1) is 0 Å². The van der Waals surface area contributed by atoms with Gasteiger partial charge in [-0.05, 0) is 17.6 Å². The second kappa shape index (κ2) is 10.7. The summed E-state index contributed by atoms with van der Waals surface area (Å²) < 4.78 is 94.3. The monoisotopic (exact) mass is 418 g/mol. The standard InChI is InChI=1S/C5H6F6.2Cu.H2O3S2/c6-4(7,8)2-1-3-5(9,10)11;;;1-5(2,3)4/h1-3H2;;;(H2,1,2,3,4)/q;2*+1;/p-2. The van der Waals surface area contributed by atoms with Crippen LogP contribution in [-0.2, 0) is 54.4 Å². The van der Waals surface area contributed by atoms with Crippen molar-refractivity contribution >= 4 is 20.2 Å². The summed E-state index contributed by atoms with van der Waals surface area (Å²) in [7, 11) is -4.33. The first-order valence-corrected chi connectivity index (χ1v) is 5.84. The third-order valence-corrected chi connectivity index (χ3v) is 0.921. The van der Waals surface area contributed by atoms with Gasteiger partial charge in [0.05, 0.1) is 0 Å². The van der Waals surface area contributed by atoms with Gasteiger partial charge in [-0.2, -0.15) is 26.3 Å². The molecule has 13 heteroatoms. The molecule has 0 aliphatic carbocycles. The van der Waals surface area contributed by atoms with E-state index in [2.05, 4.69) is 11.2 Å². The zero-order valence-electron chi connectivity index (χ0n) is 8.03. The van der Waals surface area contributed by atoms with Gasteiger partial charge >= 0.3 is 46.5 Å². The predicted molar refractivity (Wildman–Crippen MR) is 43.0 cm³/mol. The van der Waals surface area contributed by atoms with Crippen LogP contribution >= 0.6 is 0 Å². The summed E-state index contributed by atoms with van der Waals surface area (Å²) in [6.07, 6.45) is -12.6. The van der Waals surface area contributed by atoms with Crippen LogP contribution in [0.4, 0.5) is 26.3 Å². The minimum Gasteiger partial charge on any atom is -0.780 e. The molecule has 0 saturated heterocycles. The van der Waals surface area contributed by atoms with Gasteiger partial charge in [-0.3, -0.25) is 4.21 Å². The van der Waals surface area contributed by atoms with Crippen LogP contribution in [0.3, 0.4) is 0 Å². The number of hydrogen-bond donors (Lipinski definition) is 0. The molecule has 0 rings (SSSR count). The van der Waals surface area contributed by atoms with Crippen molar-refractivity contribution in [1.82, 2.24) is 0 Å². The molecule has 0 saturated carbocycles. The predicted octanol–water partition coefficient (Wildman–Crippen LogP) is 2.27. The van der Waals surface area contributed by atoms with Crippen molar-refractivity contribution in [3.8, 4) is 0 Å². The minimum atomic E-state index is -4.48. The van der Waals surface area contributed by atoms with E-state index in [1.807, 2.05) is 0 Å². The molecule has 3 nitrogen and oxygen atoms in total. The van der Waals surface area contributed by atoms with Crippen LogP contribution < -0.4 is 0 Å². The molecule has 0 aliphatic heterocycles. The summed E-state index contributed by atoms with van der Waals surface area (Å²) >= 11 is 3.24. The fourth-order valence-electron chi connectivity index (χ4n) is 0.489. The van der Waals surface area contributed by atoms with Crippen LogP contribution in [0.5, 0.6) is 0 Å². The molecular weight excluding hydrogens is 413 g/mol. The molecule has 0 fully saturated rings. The van der Waals surface area contributed by atoms with E-state index in [4.69, 9.17) is 13.3 Å². The second-order valence-corrected chi connectivity index (χ2v) is 4.53. The van der Waals surface area contributed by atoms with Gasteiger partial charge in [0.15, 0.2) is 0 Å². The summed E-state index contributed by atoms with van der Waals surface area (Å²) in [5.41, 5.74) is 0. The Morgan fingerprint density at radius 3 is 1.17 bits per heavy atom. The fourth-order valence-corrected chi connectivity index (χ4v) is 0.489. The SMILES string of the molecule is FC(F)(F)CCCC(F)(F)F.O=S([O-])([O-])=S.[Cu+].[Cu+]. The fraction of sp³-hybridized carbons (Fsp3) is 1.00. The van der Waals surface area contributed by atoms with E-state index in [1.165, 1.54) is 0 Å². The first kappa shape index (κ1) is 27.3. The van der Waals surface area contributed by atoms with Gasteiger partial charge in [0.25, 0.3) is 0 Å². The minimum absolute atomic E-state index is 0. The van der Waals surface area contributed by atoms with E-state index in [1.54, 1.807) is 0 Å². The van der Waals surface area contributed by atoms with Gasteiger partial charge in [0.1, 0.15) is 0 Å². The third kappa shape index (κ3) is 53.9. The molecule has 0 radical (unpaired) electrons. The van der Waals surface area contributed by atoms with E-state index in [-0.39, 0.29) is 34.1 Å². The number of rotatable bonds is 2. The first-order chi connectivity index (χ1) is 6.71. The molecule has 0 unspecified atom stereocenters. The van der Waals surface area contributed by atoms with Crippen molar-refractivity contribution in [3.63, 3.8) is 0 Å². The van der Waals surface area contributed by atoms with Crippen molar-refractivity contribution < 1.29 is 73.8 Å².